The first kappa shape index (κ1) is 21.2. The predicted molar refractivity (Wildman–Crippen MR) is 114 cm³/mol. The highest BCUT2D eigenvalue weighted by Crippen LogP contribution is 2.49. The molecule has 0 unspecified atom stereocenters. The molecule has 2 aliphatic rings. The van der Waals surface area contributed by atoms with Crippen molar-refractivity contribution in [3.63, 3.8) is 0 Å². The average molecular weight is 387 g/mol. The number of fused-ring (bicyclic) bond motifs is 3. The van der Waals surface area contributed by atoms with E-state index in [9.17, 15) is 9.90 Å². The zero-order valence-electron chi connectivity index (χ0n) is 17.7. The summed E-state index contributed by atoms with van der Waals surface area (Å²) < 4.78 is 5.94. The third kappa shape index (κ3) is 5.52. The van der Waals surface area contributed by atoms with Crippen LogP contribution in [0.15, 0.2) is 12.1 Å². The molecule has 0 aromatic heterocycles. The lowest BCUT2D eigenvalue weighted by atomic mass is 9.76. The van der Waals surface area contributed by atoms with Crippen LogP contribution in [-0.4, -0.2) is 17.5 Å². The fraction of sp³-hybridized carbons (Fsp3) is 0.720. The summed E-state index contributed by atoms with van der Waals surface area (Å²) in [6, 6.07) is 3.67. The number of aromatic hydroxyl groups is 1. The Morgan fingerprint density at radius 1 is 0.964 bits per heavy atom. The molecule has 3 heteroatoms. The molecule has 1 aromatic carbocycles. The second-order valence-corrected chi connectivity index (χ2v) is 8.86. The number of hydrogen-bond donors (Lipinski definition) is 1. The van der Waals surface area contributed by atoms with E-state index < -0.39 is 0 Å². The Balaban J connectivity index is 1.38. The van der Waals surface area contributed by atoms with Crippen molar-refractivity contribution in [1.82, 2.24) is 0 Å². The number of benzene rings is 1. The quantitative estimate of drug-likeness (QED) is 0.388. The monoisotopic (exact) mass is 386 g/mol. The van der Waals surface area contributed by atoms with Crippen molar-refractivity contribution in [2.45, 2.75) is 103 Å². The molecule has 0 heterocycles. The summed E-state index contributed by atoms with van der Waals surface area (Å²) in [5.41, 5.74) is 1.60. The van der Waals surface area contributed by atoms with Crippen LogP contribution < -0.4 is 4.74 Å². The van der Waals surface area contributed by atoms with Crippen LogP contribution >= 0.6 is 0 Å². The maximum absolute atomic E-state index is 12.4. The molecule has 3 nitrogen and oxygen atoms in total. The molecule has 0 aliphatic heterocycles. The molecule has 2 atom stereocenters. The van der Waals surface area contributed by atoms with E-state index in [-0.39, 0.29) is 11.5 Å². The van der Waals surface area contributed by atoms with E-state index in [2.05, 4.69) is 6.92 Å². The van der Waals surface area contributed by atoms with Gasteiger partial charge in [0, 0.05) is 12.5 Å². The highest BCUT2D eigenvalue weighted by molar-refractivity contribution is 6.01. The van der Waals surface area contributed by atoms with Crippen molar-refractivity contribution in [3.8, 4) is 11.5 Å². The zero-order chi connectivity index (χ0) is 19.8. The van der Waals surface area contributed by atoms with Crippen LogP contribution in [0.25, 0.3) is 0 Å². The Morgan fingerprint density at radius 2 is 1.64 bits per heavy atom. The van der Waals surface area contributed by atoms with Gasteiger partial charge < -0.3 is 9.84 Å². The van der Waals surface area contributed by atoms with Gasteiger partial charge in [-0.25, -0.2) is 0 Å². The van der Waals surface area contributed by atoms with Crippen molar-refractivity contribution in [1.29, 1.82) is 0 Å². The highest BCUT2D eigenvalue weighted by Gasteiger charge is 2.38. The van der Waals surface area contributed by atoms with E-state index in [0.717, 1.165) is 30.6 Å². The van der Waals surface area contributed by atoms with E-state index in [1.165, 1.54) is 64.2 Å². The summed E-state index contributed by atoms with van der Waals surface area (Å²) >= 11 is 0. The SMILES string of the molecule is CCCCCCCCCCCCOc1cc(O)c2c(c1)[C@H]1CCC[C@H]1CC2=O. The normalized spacial score (nSPS) is 20.8. The van der Waals surface area contributed by atoms with Crippen molar-refractivity contribution in [2.24, 2.45) is 5.92 Å². The first-order valence-electron chi connectivity index (χ1n) is 11.7. The molecule has 0 bridgehead atoms. The summed E-state index contributed by atoms with van der Waals surface area (Å²) in [5.74, 6) is 1.85. The van der Waals surface area contributed by atoms with Crippen LogP contribution in [-0.2, 0) is 0 Å². The molecule has 1 aromatic rings. The lowest BCUT2D eigenvalue weighted by molar-refractivity contribution is 0.0940. The van der Waals surface area contributed by atoms with E-state index in [1.807, 2.05) is 6.07 Å². The van der Waals surface area contributed by atoms with Gasteiger partial charge in [-0.1, -0.05) is 71.1 Å². The van der Waals surface area contributed by atoms with Gasteiger partial charge in [0.2, 0.25) is 0 Å². The molecule has 1 N–H and O–H groups in total. The van der Waals surface area contributed by atoms with E-state index >= 15 is 0 Å². The molecular formula is C25H38O3. The number of carbonyl (C=O) groups is 1. The van der Waals surface area contributed by atoms with Gasteiger partial charge in [-0.05, 0) is 42.7 Å². The molecule has 1 saturated carbocycles. The van der Waals surface area contributed by atoms with Gasteiger partial charge >= 0.3 is 0 Å². The van der Waals surface area contributed by atoms with Gasteiger partial charge in [-0.15, -0.1) is 0 Å². The Labute approximate surface area is 170 Å². The van der Waals surface area contributed by atoms with Gasteiger partial charge in [0.15, 0.2) is 5.78 Å². The zero-order valence-corrected chi connectivity index (χ0v) is 17.7. The van der Waals surface area contributed by atoms with Crippen LogP contribution in [0.4, 0.5) is 0 Å². The number of carbonyl (C=O) groups excluding carboxylic acids is 1. The number of hydrogen-bond acceptors (Lipinski definition) is 3. The molecule has 0 radical (unpaired) electrons. The van der Waals surface area contributed by atoms with Crippen molar-refractivity contribution >= 4 is 5.78 Å². The Morgan fingerprint density at radius 3 is 2.36 bits per heavy atom. The molecule has 0 saturated heterocycles. The van der Waals surface area contributed by atoms with E-state index in [4.69, 9.17) is 4.74 Å². The smallest absolute Gasteiger partial charge is 0.167 e. The molecule has 0 spiro atoms. The number of phenols is 1. The molecular weight excluding hydrogens is 348 g/mol. The third-order valence-electron chi connectivity index (χ3n) is 6.67. The molecule has 1 fully saturated rings. The number of ether oxygens (including phenoxy) is 1. The van der Waals surface area contributed by atoms with Crippen molar-refractivity contribution in [3.05, 3.63) is 23.3 Å². The van der Waals surface area contributed by atoms with Crippen LogP contribution in [0, 0.1) is 5.92 Å². The van der Waals surface area contributed by atoms with Gasteiger partial charge in [-0.2, -0.15) is 0 Å². The molecule has 28 heavy (non-hydrogen) atoms. The Kier molecular flexibility index (Phi) is 8.24. The number of Topliss-reactive ketones (excluding diaryl/α,β-unsaturated/α-hetero) is 1. The standard InChI is InChI=1S/C25H38O3/c1-2-3-4-5-6-7-8-9-10-11-15-28-20-17-22-21-14-12-13-19(21)16-23(26)25(22)24(27)18-20/h17-19,21,27H,2-16H2,1H3/t19-,21-/m0/s1. The number of ketones is 1. The van der Waals surface area contributed by atoms with Crippen LogP contribution in [0.1, 0.15) is 119 Å². The maximum Gasteiger partial charge on any atom is 0.167 e. The van der Waals surface area contributed by atoms with Crippen LogP contribution in [0.2, 0.25) is 0 Å². The third-order valence-corrected chi connectivity index (χ3v) is 6.67. The van der Waals surface area contributed by atoms with E-state index in [0.29, 0.717) is 30.4 Å². The number of unbranched alkanes of at least 4 members (excludes halogenated alkanes) is 9. The summed E-state index contributed by atoms with van der Waals surface area (Å²) in [4.78, 5) is 12.4. The van der Waals surface area contributed by atoms with Crippen LogP contribution in [0.5, 0.6) is 11.5 Å². The molecule has 156 valence electrons. The molecule has 3 rings (SSSR count). The minimum atomic E-state index is 0.108. The average Bonchev–Trinajstić information content (AvgIpc) is 3.14. The fourth-order valence-electron chi connectivity index (χ4n) is 5.11. The lowest BCUT2D eigenvalue weighted by Gasteiger charge is -2.28. The maximum atomic E-state index is 12.4. The summed E-state index contributed by atoms with van der Waals surface area (Å²) in [6.07, 6.45) is 17.2. The Bertz CT molecular complexity index is 637. The minimum absolute atomic E-state index is 0.108. The van der Waals surface area contributed by atoms with E-state index in [1.54, 1.807) is 6.07 Å². The predicted octanol–water partition coefficient (Wildman–Crippen LogP) is 7.16. The minimum Gasteiger partial charge on any atom is -0.507 e. The van der Waals surface area contributed by atoms with Crippen molar-refractivity contribution < 1.29 is 14.6 Å². The first-order valence-corrected chi connectivity index (χ1v) is 11.7. The van der Waals surface area contributed by atoms with Gasteiger partial charge in [-0.3, -0.25) is 4.79 Å². The first-order chi connectivity index (χ1) is 13.7. The van der Waals surface area contributed by atoms with Crippen molar-refractivity contribution in [2.75, 3.05) is 6.61 Å². The highest BCUT2D eigenvalue weighted by atomic mass is 16.5. The second kappa shape index (κ2) is 10.9. The topological polar surface area (TPSA) is 46.5 Å². The fourth-order valence-corrected chi connectivity index (χ4v) is 5.11. The second-order valence-electron chi connectivity index (χ2n) is 8.86. The van der Waals surface area contributed by atoms with Gasteiger partial charge in [0.1, 0.15) is 11.5 Å². The van der Waals surface area contributed by atoms with Gasteiger partial charge in [0.05, 0.1) is 12.2 Å². The Hall–Kier alpha value is -1.51. The summed E-state index contributed by atoms with van der Waals surface area (Å²) in [5, 5.41) is 10.4. The summed E-state index contributed by atoms with van der Waals surface area (Å²) in [6.45, 7) is 2.95. The molecule has 2 aliphatic carbocycles. The number of rotatable bonds is 12. The number of phenolic OH excluding ortho intramolecular Hbond substituents is 1. The largest absolute Gasteiger partial charge is 0.507 e. The van der Waals surface area contributed by atoms with Gasteiger partial charge in [0.25, 0.3) is 0 Å². The summed E-state index contributed by atoms with van der Waals surface area (Å²) in [7, 11) is 0. The lowest BCUT2D eigenvalue weighted by Crippen LogP contribution is -2.21. The van der Waals surface area contributed by atoms with Crippen LogP contribution in [0.3, 0.4) is 0 Å². The molecule has 0 amide bonds.